The maximum atomic E-state index is 12.1. The van der Waals surface area contributed by atoms with E-state index in [-0.39, 0.29) is 18.1 Å². The van der Waals surface area contributed by atoms with E-state index >= 15 is 0 Å². The molecule has 1 aliphatic carbocycles. The van der Waals surface area contributed by atoms with Crippen LogP contribution in [-0.2, 0) is 0 Å². The van der Waals surface area contributed by atoms with Crippen LogP contribution in [0.4, 0.5) is 10.7 Å². The summed E-state index contributed by atoms with van der Waals surface area (Å²) < 4.78 is 5.35. The number of hydrogen-bond acceptors (Lipinski definition) is 6. The van der Waals surface area contributed by atoms with Gasteiger partial charge in [0.1, 0.15) is 15.6 Å². The molecule has 1 amide bonds. The van der Waals surface area contributed by atoms with E-state index in [0.29, 0.717) is 16.3 Å². The average Bonchev–Trinajstić information content (AvgIpc) is 2.76. The molecule has 7 heteroatoms. The maximum absolute atomic E-state index is 12.1. The van der Waals surface area contributed by atoms with Crippen molar-refractivity contribution in [2.45, 2.75) is 37.8 Å². The van der Waals surface area contributed by atoms with Crippen molar-refractivity contribution < 1.29 is 14.6 Å². The van der Waals surface area contributed by atoms with Crippen molar-refractivity contribution >= 4 is 27.9 Å². The number of nitrogen functional groups attached to an aromatic ring is 1. The van der Waals surface area contributed by atoms with Crippen molar-refractivity contribution in [2.75, 3.05) is 32.3 Å². The molecular weight excluding hydrogens is 290 g/mol. The molecule has 1 fully saturated rings. The summed E-state index contributed by atoms with van der Waals surface area (Å²) in [6.07, 6.45) is 3.21. The molecule has 21 heavy (non-hydrogen) atoms. The molecule has 0 saturated heterocycles. The number of nitrogens with two attached hydrogens (primary N) is 1. The fourth-order valence-corrected chi connectivity index (χ4v) is 3.68. The Balaban J connectivity index is 2.19. The molecule has 1 aromatic heterocycles. The Morgan fingerprint density at radius 1 is 1.38 bits per heavy atom. The first-order valence-corrected chi connectivity index (χ1v) is 7.88. The van der Waals surface area contributed by atoms with Gasteiger partial charge in [0.15, 0.2) is 5.75 Å². The Morgan fingerprint density at radius 3 is 2.52 bits per heavy atom. The molecule has 1 aliphatic rings. The predicted molar refractivity (Wildman–Crippen MR) is 85.2 cm³/mol. The van der Waals surface area contributed by atoms with Gasteiger partial charge < -0.3 is 25.8 Å². The first kappa shape index (κ1) is 15.9. The number of anilines is 2. The average molecular weight is 313 g/mol. The molecule has 2 rings (SSSR count). The van der Waals surface area contributed by atoms with Crippen LogP contribution in [0.15, 0.2) is 0 Å². The SMILES string of the molecule is COc1c(NC2CCC(O)CC2)sc(C(=O)N(C)C)c1N. The molecule has 0 atom stereocenters. The van der Waals surface area contributed by atoms with Gasteiger partial charge in [-0.15, -0.1) is 11.3 Å². The van der Waals surface area contributed by atoms with E-state index in [1.165, 1.54) is 16.2 Å². The number of ether oxygens (including phenoxy) is 1. The second-order valence-electron chi connectivity index (χ2n) is 5.56. The van der Waals surface area contributed by atoms with Gasteiger partial charge in [0, 0.05) is 20.1 Å². The zero-order valence-corrected chi connectivity index (χ0v) is 13.5. The zero-order valence-electron chi connectivity index (χ0n) is 12.7. The monoisotopic (exact) mass is 313 g/mol. The normalized spacial score (nSPS) is 21.9. The topological polar surface area (TPSA) is 87.8 Å². The number of carbonyl (C=O) groups is 1. The van der Waals surface area contributed by atoms with Crippen LogP contribution in [0.5, 0.6) is 5.75 Å². The molecular formula is C14H23N3O3S. The number of thiophene rings is 1. The lowest BCUT2D eigenvalue weighted by molar-refractivity contribution is 0.0833. The van der Waals surface area contributed by atoms with Gasteiger partial charge in [-0.05, 0) is 25.7 Å². The summed E-state index contributed by atoms with van der Waals surface area (Å²) >= 11 is 1.33. The van der Waals surface area contributed by atoms with Gasteiger partial charge in [0.05, 0.1) is 13.2 Å². The standard InChI is InChI=1S/C14H23N3O3S/c1-17(2)14(19)12-10(15)11(20-3)13(21-12)16-8-4-6-9(18)7-5-8/h8-9,16,18H,4-7,15H2,1-3H3. The number of hydrogen-bond donors (Lipinski definition) is 3. The van der Waals surface area contributed by atoms with Crippen LogP contribution >= 0.6 is 11.3 Å². The number of methoxy groups -OCH3 is 1. The van der Waals surface area contributed by atoms with Gasteiger partial charge in [-0.3, -0.25) is 4.79 Å². The van der Waals surface area contributed by atoms with Crippen LogP contribution in [0.25, 0.3) is 0 Å². The van der Waals surface area contributed by atoms with Crippen molar-refractivity contribution in [1.82, 2.24) is 4.90 Å². The van der Waals surface area contributed by atoms with Gasteiger partial charge >= 0.3 is 0 Å². The molecule has 0 aromatic carbocycles. The third-order valence-electron chi connectivity index (χ3n) is 3.74. The van der Waals surface area contributed by atoms with Gasteiger partial charge in [-0.1, -0.05) is 0 Å². The number of amides is 1. The van der Waals surface area contributed by atoms with Gasteiger partial charge in [-0.25, -0.2) is 0 Å². The van der Waals surface area contributed by atoms with Crippen molar-refractivity contribution in [3.63, 3.8) is 0 Å². The second kappa shape index (κ2) is 6.53. The van der Waals surface area contributed by atoms with Crippen LogP contribution < -0.4 is 15.8 Å². The molecule has 4 N–H and O–H groups in total. The second-order valence-corrected chi connectivity index (χ2v) is 6.58. The zero-order chi connectivity index (χ0) is 15.6. The predicted octanol–water partition coefficient (Wildman–Crippen LogP) is 1.76. The fraction of sp³-hybridized carbons (Fsp3) is 0.643. The van der Waals surface area contributed by atoms with Crippen LogP contribution in [0.2, 0.25) is 0 Å². The fourth-order valence-electron chi connectivity index (χ4n) is 2.49. The van der Waals surface area contributed by atoms with Gasteiger partial charge in [0.25, 0.3) is 5.91 Å². The van der Waals surface area contributed by atoms with Crippen LogP contribution in [0.3, 0.4) is 0 Å². The molecule has 0 radical (unpaired) electrons. The molecule has 1 aromatic rings. The minimum atomic E-state index is -0.191. The summed E-state index contributed by atoms with van der Waals surface area (Å²) in [5.74, 6) is 0.416. The van der Waals surface area contributed by atoms with E-state index in [9.17, 15) is 9.90 Å². The first-order chi connectivity index (χ1) is 9.93. The van der Waals surface area contributed by atoms with E-state index in [1.54, 1.807) is 21.2 Å². The highest BCUT2D eigenvalue weighted by Gasteiger charge is 2.26. The summed E-state index contributed by atoms with van der Waals surface area (Å²) in [5.41, 5.74) is 6.43. The van der Waals surface area contributed by atoms with Crippen molar-refractivity contribution in [1.29, 1.82) is 0 Å². The minimum absolute atomic E-state index is 0.122. The molecule has 118 valence electrons. The number of aliphatic hydroxyl groups is 1. The van der Waals surface area contributed by atoms with Gasteiger partial charge in [-0.2, -0.15) is 0 Å². The molecule has 0 spiro atoms. The molecule has 0 aliphatic heterocycles. The highest BCUT2D eigenvalue weighted by Crippen LogP contribution is 2.43. The van der Waals surface area contributed by atoms with Crippen LogP contribution in [-0.4, -0.2) is 49.3 Å². The van der Waals surface area contributed by atoms with Crippen molar-refractivity contribution in [3.05, 3.63) is 4.88 Å². The van der Waals surface area contributed by atoms with Crippen molar-refractivity contribution in [3.8, 4) is 5.75 Å². The Morgan fingerprint density at radius 2 is 2.00 bits per heavy atom. The van der Waals surface area contributed by atoms with Gasteiger partial charge in [0.2, 0.25) is 0 Å². The number of carbonyl (C=O) groups excluding carboxylic acids is 1. The summed E-state index contributed by atoms with van der Waals surface area (Å²) in [7, 11) is 4.95. The lowest BCUT2D eigenvalue weighted by atomic mass is 9.93. The third kappa shape index (κ3) is 3.41. The lowest BCUT2D eigenvalue weighted by Gasteiger charge is -2.26. The van der Waals surface area contributed by atoms with Crippen molar-refractivity contribution in [2.24, 2.45) is 0 Å². The quantitative estimate of drug-likeness (QED) is 0.788. The molecule has 0 unspecified atom stereocenters. The third-order valence-corrected chi connectivity index (χ3v) is 4.84. The van der Waals surface area contributed by atoms with E-state index in [1.807, 2.05) is 0 Å². The Hall–Kier alpha value is -1.47. The number of rotatable bonds is 4. The smallest absolute Gasteiger partial charge is 0.265 e. The Bertz CT molecular complexity index is 508. The van der Waals surface area contributed by atoms with E-state index in [2.05, 4.69) is 5.32 Å². The number of nitrogens with one attached hydrogen (secondary N) is 1. The molecule has 1 heterocycles. The first-order valence-electron chi connectivity index (χ1n) is 7.06. The van der Waals surface area contributed by atoms with E-state index in [4.69, 9.17) is 10.5 Å². The number of nitrogens with zero attached hydrogens (tertiary/aromatic N) is 1. The highest BCUT2D eigenvalue weighted by molar-refractivity contribution is 7.19. The molecule has 1 saturated carbocycles. The summed E-state index contributed by atoms with van der Waals surface area (Å²) in [6, 6.07) is 0.280. The minimum Gasteiger partial charge on any atom is -0.492 e. The molecule has 6 nitrogen and oxygen atoms in total. The maximum Gasteiger partial charge on any atom is 0.265 e. The summed E-state index contributed by atoms with van der Waals surface area (Å²) in [6.45, 7) is 0. The summed E-state index contributed by atoms with van der Waals surface area (Å²) in [4.78, 5) is 14.1. The lowest BCUT2D eigenvalue weighted by Crippen LogP contribution is -2.28. The summed E-state index contributed by atoms with van der Waals surface area (Å²) in [5, 5.41) is 13.8. The Labute approximate surface area is 128 Å². The van der Waals surface area contributed by atoms with E-state index < -0.39 is 0 Å². The largest absolute Gasteiger partial charge is 0.492 e. The highest BCUT2D eigenvalue weighted by atomic mass is 32.1. The molecule has 0 bridgehead atoms. The Kier molecular flexibility index (Phi) is 4.95. The van der Waals surface area contributed by atoms with Crippen LogP contribution in [0.1, 0.15) is 35.4 Å². The van der Waals surface area contributed by atoms with E-state index in [0.717, 1.165) is 30.7 Å². The van der Waals surface area contributed by atoms with Crippen LogP contribution in [0, 0.1) is 0 Å². The number of aliphatic hydroxyl groups excluding tert-OH is 1.